The van der Waals surface area contributed by atoms with E-state index in [2.05, 4.69) is 25.2 Å². The van der Waals surface area contributed by atoms with Gasteiger partial charge >= 0.3 is 26.2 Å². The molecule has 0 nitrogen and oxygen atoms in total. The van der Waals surface area contributed by atoms with E-state index in [1.807, 2.05) is 0 Å². The van der Waals surface area contributed by atoms with E-state index in [-0.39, 0.29) is 59.4 Å². The second kappa shape index (κ2) is 16.9. The van der Waals surface area contributed by atoms with Crippen LogP contribution in [0.1, 0.15) is 13.3 Å². The molecule has 0 heterocycles. The van der Waals surface area contributed by atoms with Gasteiger partial charge in [0.25, 0.3) is 0 Å². The topological polar surface area (TPSA) is 0 Å². The van der Waals surface area contributed by atoms with Crippen molar-refractivity contribution in [1.29, 1.82) is 0 Å². The van der Waals surface area contributed by atoms with Crippen LogP contribution >= 0.6 is 0 Å². The van der Waals surface area contributed by atoms with Crippen molar-refractivity contribution in [2.75, 3.05) is 0 Å². The second-order valence-corrected chi connectivity index (χ2v) is 1.47. The van der Waals surface area contributed by atoms with Gasteiger partial charge in [0.2, 0.25) is 0 Å². The van der Waals surface area contributed by atoms with E-state index in [1.54, 1.807) is 0 Å². The summed E-state index contributed by atoms with van der Waals surface area (Å²) in [5.41, 5.74) is 1.27. The van der Waals surface area contributed by atoms with Crippen molar-refractivity contribution in [1.82, 2.24) is 0 Å². The van der Waals surface area contributed by atoms with Gasteiger partial charge in [0.1, 0.15) is 0 Å². The Kier molecular flexibility index (Phi) is 46.0. The van der Waals surface area contributed by atoms with Crippen LogP contribution in [-0.2, 0) is 26.2 Å². The van der Waals surface area contributed by atoms with E-state index in [1.165, 1.54) is 5.57 Å². The standard InChI is InChI=1S/C6H7.3CH3.H3Si.Zr/c1-6-4-2-3-5-6;;;;;/h2,4H,3H2,1H3;4*1H3;/q4*-1;;+4. The molecule has 0 saturated carbocycles. The van der Waals surface area contributed by atoms with Crippen molar-refractivity contribution in [2.45, 2.75) is 13.3 Å². The number of rotatable bonds is 0. The summed E-state index contributed by atoms with van der Waals surface area (Å²) in [6.45, 7) is 2.06. The van der Waals surface area contributed by atoms with Gasteiger partial charge in [0, 0.05) is 0 Å². The van der Waals surface area contributed by atoms with Crippen molar-refractivity contribution < 1.29 is 26.2 Å². The number of hydrogen-bond acceptors (Lipinski definition) is 0. The molecule has 0 aromatic rings. The fourth-order valence-electron chi connectivity index (χ4n) is 0.515. The molecule has 1 aliphatic rings. The zero-order valence-electron chi connectivity index (χ0n) is 8.36. The number of hydrogen-bond donors (Lipinski definition) is 0. The SMILES string of the molecule is CC1=[C-]CC=C1.[CH3-].[CH3-].[CH3-].[SiH3].[Zr+4]. The first-order chi connectivity index (χ1) is 2.89. The summed E-state index contributed by atoms with van der Waals surface area (Å²) < 4.78 is 0. The minimum Gasteiger partial charge on any atom is -0.358 e. The summed E-state index contributed by atoms with van der Waals surface area (Å²) in [4.78, 5) is 0. The zero-order chi connectivity index (χ0) is 4.41. The molecule has 0 fully saturated rings. The van der Waals surface area contributed by atoms with Crippen molar-refractivity contribution in [3.63, 3.8) is 0 Å². The molecule has 0 N–H and O–H groups in total. The number of allylic oxidation sites excluding steroid dienone is 4. The average Bonchev–Trinajstić information content (AvgIpc) is 1.86. The van der Waals surface area contributed by atoms with Gasteiger partial charge in [-0.1, -0.05) is 6.92 Å². The smallest absolute Gasteiger partial charge is 0.358 e. The molecule has 1 rings (SSSR count). The van der Waals surface area contributed by atoms with Gasteiger partial charge in [0.05, 0.1) is 0 Å². The molecular weight excluding hydrogens is 227 g/mol. The van der Waals surface area contributed by atoms with Crippen LogP contribution in [0, 0.1) is 28.4 Å². The second-order valence-electron chi connectivity index (χ2n) is 1.47. The summed E-state index contributed by atoms with van der Waals surface area (Å²) in [7, 11) is 0. The first kappa shape index (κ1) is 29.9. The van der Waals surface area contributed by atoms with E-state index in [4.69, 9.17) is 0 Å². The molecule has 1 aliphatic carbocycles. The van der Waals surface area contributed by atoms with Crippen molar-refractivity contribution in [3.05, 3.63) is 46.1 Å². The Hall–Kier alpha value is 0.580. The Balaban J connectivity index is -0.0000000240. The normalized spacial score (nSPS) is 10.1. The predicted octanol–water partition coefficient (Wildman–Crippen LogP) is 1.86. The first-order valence-corrected chi connectivity index (χ1v) is 2.13. The van der Waals surface area contributed by atoms with Crippen LogP contribution in [0.5, 0.6) is 0 Å². The van der Waals surface area contributed by atoms with Crippen LogP contribution in [0.15, 0.2) is 17.7 Å². The molecule has 0 bridgehead atoms. The molecule has 0 spiro atoms. The monoisotopic (exact) mass is 245 g/mol. The quantitative estimate of drug-likeness (QED) is 0.452. The summed E-state index contributed by atoms with van der Waals surface area (Å²) in [5, 5.41) is 0. The minimum absolute atomic E-state index is 0. The molecule has 0 aliphatic heterocycles. The summed E-state index contributed by atoms with van der Waals surface area (Å²) in [5.74, 6) is 0. The Morgan fingerprint density at radius 2 is 1.73 bits per heavy atom. The molecule has 0 atom stereocenters. The Bertz CT molecular complexity index is 103. The Morgan fingerprint density at radius 3 is 1.82 bits per heavy atom. The first-order valence-electron chi connectivity index (χ1n) is 2.13. The minimum atomic E-state index is 0. The van der Waals surface area contributed by atoms with Crippen LogP contribution in [0.25, 0.3) is 0 Å². The fraction of sp³-hybridized carbons (Fsp3) is 0.222. The van der Waals surface area contributed by atoms with Crippen LogP contribution in [0.4, 0.5) is 0 Å². The molecule has 1 radical (unpaired) electrons. The molecule has 0 unspecified atom stereocenters. The van der Waals surface area contributed by atoms with Crippen molar-refractivity contribution in [3.8, 4) is 0 Å². The molecular formula is C9H19SiZr. The van der Waals surface area contributed by atoms with Gasteiger partial charge in [-0.25, -0.2) is 11.6 Å². The molecule has 0 saturated heterocycles. The van der Waals surface area contributed by atoms with Crippen LogP contribution < -0.4 is 0 Å². The molecule has 0 aromatic carbocycles. The van der Waals surface area contributed by atoms with E-state index in [0.717, 1.165) is 6.42 Å². The van der Waals surface area contributed by atoms with E-state index >= 15 is 0 Å². The molecule has 0 aromatic heterocycles. The van der Waals surface area contributed by atoms with Gasteiger partial charge in [-0.3, -0.25) is 6.08 Å². The maximum absolute atomic E-state index is 3.12. The largest absolute Gasteiger partial charge is 4.00 e. The zero-order valence-corrected chi connectivity index (χ0v) is 12.8. The third-order valence-electron chi connectivity index (χ3n) is 0.867. The maximum atomic E-state index is 3.12. The van der Waals surface area contributed by atoms with Crippen LogP contribution in [0.3, 0.4) is 0 Å². The Labute approximate surface area is 96.3 Å². The van der Waals surface area contributed by atoms with Crippen LogP contribution in [-0.4, -0.2) is 11.0 Å². The van der Waals surface area contributed by atoms with E-state index < -0.39 is 0 Å². The Morgan fingerprint density at radius 1 is 1.27 bits per heavy atom. The summed E-state index contributed by atoms with van der Waals surface area (Å²) in [6, 6.07) is 0. The summed E-state index contributed by atoms with van der Waals surface area (Å²) >= 11 is 0. The van der Waals surface area contributed by atoms with Gasteiger partial charge in [-0.15, -0.1) is 6.42 Å². The van der Waals surface area contributed by atoms with Gasteiger partial charge < -0.3 is 22.3 Å². The molecule has 2 heteroatoms. The van der Waals surface area contributed by atoms with E-state index in [9.17, 15) is 0 Å². The maximum Gasteiger partial charge on any atom is 4.00 e. The summed E-state index contributed by atoms with van der Waals surface area (Å²) in [6.07, 6.45) is 8.33. The van der Waals surface area contributed by atoms with Gasteiger partial charge in [-0.05, 0) is 11.0 Å². The molecule has 0 amide bonds. The van der Waals surface area contributed by atoms with Gasteiger partial charge in [-0.2, -0.15) is 6.08 Å². The van der Waals surface area contributed by atoms with Gasteiger partial charge in [0.15, 0.2) is 0 Å². The third-order valence-corrected chi connectivity index (χ3v) is 0.867. The average molecular weight is 247 g/mol. The van der Waals surface area contributed by atoms with Crippen molar-refractivity contribution in [2.24, 2.45) is 0 Å². The fourth-order valence-corrected chi connectivity index (χ4v) is 0.515. The van der Waals surface area contributed by atoms with Crippen molar-refractivity contribution >= 4 is 11.0 Å². The molecule has 63 valence electrons. The van der Waals surface area contributed by atoms with Crippen LogP contribution in [0.2, 0.25) is 0 Å². The predicted molar refractivity (Wildman–Crippen MR) is 55.4 cm³/mol. The third kappa shape index (κ3) is 13.6. The van der Waals surface area contributed by atoms with E-state index in [0.29, 0.717) is 0 Å². The molecule has 11 heavy (non-hydrogen) atoms.